The van der Waals surface area contributed by atoms with Gasteiger partial charge in [0, 0.05) is 24.9 Å². The van der Waals surface area contributed by atoms with Crippen LogP contribution in [0.4, 0.5) is 10.5 Å². The standard InChI is InChI=1S/C23H19N5O5/c29-19-8-7-18(20(30)27-19)28-21(31)15-6-1-12(9-16(15)22(28)32)10-25-23(33)26-14-4-2-13(3-5-14)17-11-24-17/h1-6,9,11,17-18H,7-8,10H2,(H2,25,26,33)(H,27,29,30). The minimum absolute atomic E-state index is 0.0607. The molecule has 10 nitrogen and oxygen atoms in total. The maximum Gasteiger partial charge on any atom is 0.319 e. The van der Waals surface area contributed by atoms with Gasteiger partial charge in [0.1, 0.15) is 12.1 Å². The second-order valence-corrected chi connectivity index (χ2v) is 8.00. The molecule has 166 valence electrons. The molecular formula is C23H19N5O5. The number of carbonyl (C=O) groups excluding carboxylic acids is 5. The van der Waals surface area contributed by atoms with Gasteiger partial charge < -0.3 is 10.6 Å². The molecule has 0 saturated carbocycles. The number of hydrogen-bond donors (Lipinski definition) is 3. The summed E-state index contributed by atoms with van der Waals surface area (Å²) < 4.78 is 0. The number of imide groups is 2. The predicted octanol–water partition coefficient (Wildman–Crippen LogP) is 1.54. The highest BCUT2D eigenvalue weighted by Gasteiger charge is 2.44. The molecule has 3 aliphatic rings. The molecule has 3 N–H and O–H groups in total. The van der Waals surface area contributed by atoms with E-state index in [1.807, 2.05) is 18.3 Å². The van der Waals surface area contributed by atoms with E-state index in [1.54, 1.807) is 18.2 Å². The van der Waals surface area contributed by atoms with Gasteiger partial charge in [0.05, 0.1) is 11.1 Å². The van der Waals surface area contributed by atoms with Crippen molar-refractivity contribution in [1.29, 1.82) is 0 Å². The van der Waals surface area contributed by atoms with Crippen LogP contribution < -0.4 is 16.0 Å². The van der Waals surface area contributed by atoms with Crippen LogP contribution in [0, 0.1) is 0 Å². The number of anilines is 1. The number of carbonyl (C=O) groups is 5. The molecule has 1 fully saturated rings. The van der Waals surface area contributed by atoms with Gasteiger partial charge in [-0.05, 0) is 41.8 Å². The Bertz CT molecular complexity index is 1230. The van der Waals surface area contributed by atoms with E-state index < -0.39 is 35.7 Å². The first kappa shape index (κ1) is 20.6. The molecule has 33 heavy (non-hydrogen) atoms. The van der Waals surface area contributed by atoms with Gasteiger partial charge >= 0.3 is 6.03 Å². The Labute approximate surface area is 188 Å². The fraction of sp³-hybridized carbons (Fsp3) is 0.217. The summed E-state index contributed by atoms with van der Waals surface area (Å²) >= 11 is 0. The van der Waals surface area contributed by atoms with Gasteiger partial charge in [0.15, 0.2) is 0 Å². The smallest absolute Gasteiger partial charge is 0.319 e. The third-order valence-electron chi connectivity index (χ3n) is 5.77. The number of rotatable bonds is 5. The maximum atomic E-state index is 12.9. The summed E-state index contributed by atoms with van der Waals surface area (Å²) in [7, 11) is 0. The van der Waals surface area contributed by atoms with Crippen molar-refractivity contribution in [2.24, 2.45) is 4.99 Å². The predicted molar refractivity (Wildman–Crippen MR) is 117 cm³/mol. The number of piperidine rings is 1. The second kappa shape index (κ2) is 7.97. The average Bonchev–Trinajstić information content (AvgIpc) is 3.61. The van der Waals surface area contributed by atoms with Gasteiger partial charge in [-0.15, -0.1) is 0 Å². The van der Waals surface area contributed by atoms with Crippen molar-refractivity contribution in [2.45, 2.75) is 31.5 Å². The molecular weight excluding hydrogens is 426 g/mol. The maximum absolute atomic E-state index is 12.9. The van der Waals surface area contributed by atoms with E-state index in [1.165, 1.54) is 12.1 Å². The van der Waals surface area contributed by atoms with E-state index in [4.69, 9.17) is 0 Å². The van der Waals surface area contributed by atoms with E-state index in [9.17, 15) is 24.0 Å². The van der Waals surface area contributed by atoms with Gasteiger partial charge in [-0.2, -0.15) is 0 Å². The van der Waals surface area contributed by atoms with Crippen LogP contribution in [0.2, 0.25) is 0 Å². The Morgan fingerprint density at radius 1 is 1.03 bits per heavy atom. The molecule has 2 aromatic rings. The number of nitrogens with zero attached hydrogens (tertiary/aromatic N) is 2. The number of urea groups is 1. The topological polar surface area (TPSA) is 137 Å². The lowest BCUT2D eigenvalue weighted by molar-refractivity contribution is -0.136. The van der Waals surface area contributed by atoms with Crippen LogP contribution in [-0.2, 0) is 16.1 Å². The van der Waals surface area contributed by atoms with Gasteiger partial charge in [-0.3, -0.25) is 34.4 Å². The van der Waals surface area contributed by atoms with Crippen molar-refractivity contribution < 1.29 is 24.0 Å². The van der Waals surface area contributed by atoms with Crippen LogP contribution in [0.15, 0.2) is 47.5 Å². The number of nitrogens with one attached hydrogen (secondary N) is 3. The Morgan fingerprint density at radius 3 is 2.45 bits per heavy atom. The Morgan fingerprint density at radius 2 is 1.76 bits per heavy atom. The molecule has 6 amide bonds. The molecule has 10 heteroatoms. The van der Waals surface area contributed by atoms with Gasteiger partial charge in [-0.25, -0.2) is 4.79 Å². The average molecular weight is 445 g/mol. The van der Waals surface area contributed by atoms with Crippen LogP contribution in [0.3, 0.4) is 0 Å². The second-order valence-electron chi connectivity index (χ2n) is 8.00. The lowest BCUT2D eigenvalue weighted by Crippen LogP contribution is -2.54. The summed E-state index contributed by atoms with van der Waals surface area (Å²) in [4.78, 5) is 66.4. The quantitative estimate of drug-likeness (QED) is 0.600. The molecule has 0 spiro atoms. The fourth-order valence-electron chi connectivity index (χ4n) is 3.96. The van der Waals surface area contributed by atoms with E-state index in [0.717, 1.165) is 10.5 Å². The normalized spacial score (nSPS) is 21.0. The molecule has 0 aromatic heterocycles. The molecule has 3 heterocycles. The van der Waals surface area contributed by atoms with Gasteiger partial charge in [0.25, 0.3) is 11.8 Å². The third kappa shape index (κ3) is 3.98. The lowest BCUT2D eigenvalue weighted by atomic mass is 10.0. The summed E-state index contributed by atoms with van der Waals surface area (Å²) in [6.45, 7) is 0.132. The lowest BCUT2D eigenvalue weighted by Gasteiger charge is -2.27. The Hall–Kier alpha value is -4.34. The van der Waals surface area contributed by atoms with Gasteiger partial charge in [0.2, 0.25) is 11.8 Å². The van der Waals surface area contributed by atoms with E-state index >= 15 is 0 Å². The van der Waals surface area contributed by atoms with Crippen molar-refractivity contribution in [3.63, 3.8) is 0 Å². The molecule has 0 radical (unpaired) electrons. The number of hydrogen-bond acceptors (Lipinski definition) is 6. The van der Waals surface area contributed by atoms with Crippen molar-refractivity contribution >= 4 is 41.6 Å². The SMILES string of the molecule is O=C1CCC(N2C(=O)c3ccc(CNC(=O)Nc4ccc(C5C=N5)cc4)cc3C2=O)C(=O)N1. The number of fused-ring (bicyclic) bond motifs is 1. The van der Waals surface area contributed by atoms with Crippen molar-refractivity contribution in [3.05, 3.63) is 64.7 Å². The van der Waals surface area contributed by atoms with Crippen molar-refractivity contribution in [3.8, 4) is 0 Å². The van der Waals surface area contributed by atoms with Gasteiger partial charge in [-0.1, -0.05) is 18.2 Å². The summed E-state index contributed by atoms with van der Waals surface area (Å²) in [6.07, 6.45) is 2.00. The highest BCUT2D eigenvalue weighted by Crippen LogP contribution is 2.28. The zero-order chi connectivity index (χ0) is 23.1. The fourth-order valence-corrected chi connectivity index (χ4v) is 3.96. The highest BCUT2D eigenvalue weighted by molar-refractivity contribution is 6.23. The number of benzene rings is 2. The minimum Gasteiger partial charge on any atom is -0.334 e. The van der Waals surface area contributed by atoms with E-state index in [-0.39, 0.29) is 36.6 Å². The number of aliphatic imine (C=N–C) groups is 1. The molecule has 2 aromatic carbocycles. The van der Waals surface area contributed by atoms with Crippen LogP contribution in [0.25, 0.3) is 0 Å². The summed E-state index contributed by atoms with van der Waals surface area (Å²) in [5.41, 5.74) is 2.67. The molecule has 1 saturated heterocycles. The first-order valence-electron chi connectivity index (χ1n) is 10.4. The monoisotopic (exact) mass is 445 g/mol. The Kier molecular flexibility index (Phi) is 4.97. The van der Waals surface area contributed by atoms with Crippen molar-refractivity contribution in [1.82, 2.24) is 15.5 Å². The number of amides is 6. The van der Waals surface area contributed by atoms with E-state index in [2.05, 4.69) is 20.9 Å². The Balaban J connectivity index is 1.22. The first-order chi connectivity index (χ1) is 15.9. The summed E-state index contributed by atoms with van der Waals surface area (Å²) in [5.74, 6) is -2.23. The zero-order valence-electron chi connectivity index (χ0n) is 17.3. The molecule has 0 aliphatic carbocycles. The summed E-state index contributed by atoms with van der Waals surface area (Å²) in [5, 5.41) is 7.61. The minimum atomic E-state index is -1.01. The molecule has 2 unspecified atom stereocenters. The zero-order valence-corrected chi connectivity index (χ0v) is 17.3. The largest absolute Gasteiger partial charge is 0.334 e. The van der Waals surface area contributed by atoms with Crippen LogP contribution in [0.5, 0.6) is 0 Å². The summed E-state index contributed by atoms with van der Waals surface area (Å²) in [6, 6.07) is 10.8. The molecule has 2 atom stereocenters. The molecule has 3 aliphatic heterocycles. The van der Waals surface area contributed by atoms with Crippen LogP contribution in [-0.4, -0.2) is 46.8 Å². The first-order valence-corrected chi connectivity index (χ1v) is 10.4. The van der Waals surface area contributed by atoms with Crippen molar-refractivity contribution in [2.75, 3.05) is 5.32 Å². The van der Waals surface area contributed by atoms with Crippen LogP contribution in [0.1, 0.15) is 50.7 Å². The molecule has 0 bridgehead atoms. The highest BCUT2D eigenvalue weighted by atomic mass is 16.2. The van der Waals surface area contributed by atoms with Crippen LogP contribution >= 0.6 is 0 Å². The van der Waals surface area contributed by atoms with E-state index in [0.29, 0.717) is 11.3 Å². The third-order valence-corrected chi connectivity index (χ3v) is 5.77. The molecule has 5 rings (SSSR count).